The van der Waals surface area contributed by atoms with E-state index in [2.05, 4.69) is 50.1 Å². The van der Waals surface area contributed by atoms with E-state index in [0.29, 0.717) is 0 Å². The zero-order valence-corrected chi connectivity index (χ0v) is 10.7. The van der Waals surface area contributed by atoms with E-state index < -0.39 is 0 Å². The Balaban J connectivity index is 2.23. The second-order valence-electron chi connectivity index (χ2n) is 3.18. The maximum Gasteiger partial charge on any atom is 0.105 e. The van der Waals surface area contributed by atoms with E-state index in [9.17, 15) is 0 Å². The van der Waals surface area contributed by atoms with Crippen molar-refractivity contribution in [1.29, 1.82) is 0 Å². The van der Waals surface area contributed by atoms with Gasteiger partial charge in [0.25, 0.3) is 0 Å². The minimum absolute atomic E-state index is 0.141. The number of alkyl halides is 1. The lowest BCUT2D eigenvalue weighted by molar-refractivity contribution is 0.123. The maximum absolute atomic E-state index is 5.64. The van der Waals surface area contributed by atoms with Gasteiger partial charge >= 0.3 is 0 Å². The summed E-state index contributed by atoms with van der Waals surface area (Å²) >= 11 is 6.89. The van der Waals surface area contributed by atoms with E-state index in [4.69, 9.17) is 4.74 Å². The highest BCUT2D eigenvalue weighted by molar-refractivity contribution is 9.10. The van der Waals surface area contributed by atoms with Crippen molar-refractivity contribution in [3.05, 3.63) is 46.0 Å². The molecule has 2 rings (SSSR count). The second-order valence-corrected chi connectivity index (χ2v) is 4.65. The Kier molecular flexibility index (Phi) is 3.42. The highest BCUT2D eigenvalue weighted by Gasteiger charge is 2.20. The molecule has 0 spiro atoms. The molecule has 0 N–H and O–H groups in total. The molecule has 1 atom stereocenters. The molecule has 0 radical (unpaired) electrons. The van der Waals surface area contributed by atoms with Crippen LogP contribution in [0.3, 0.4) is 0 Å². The van der Waals surface area contributed by atoms with Crippen LogP contribution in [-0.4, -0.2) is 11.9 Å². The molecule has 1 aromatic carbocycles. The van der Waals surface area contributed by atoms with Gasteiger partial charge in [-0.25, -0.2) is 0 Å². The van der Waals surface area contributed by atoms with Crippen LogP contribution in [0.2, 0.25) is 0 Å². The summed E-state index contributed by atoms with van der Waals surface area (Å²) in [5.74, 6) is 0. The molecule has 1 heterocycles. The topological polar surface area (TPSA) is 9.23 Å². The summed E-state index contributed by atoms with van der Waals surface area (Å²) in [6.45, 7) is 0.724. The molecular weight excluding hydrogens is 308 g/mol. The lowest BCUT2D eigenvalue weighted by Gasteiger charge is -2.13. The monoisotopic (exact) mass is 316 g/mol. The van der Waals surface area contributed by atoms with E-state index in [-0.39, 0.29) is 6.10 Å². The van der Waals surface area contributed by atoms with Crippen LogP contribution in [-0.2, 0) is 4.74 Å². The van der Waals surface area contributed by atoms with Crippen molar-refractivity contribution in [1.82, 2.24) is 0 Å². The molecule has 1 aliphatic rings. The molecule has 14 heavy (non-hydrogen) atoms. The van der Waals surface area contributed by atoms with Gasteiger partial charge in [-0.05, 0) is 23.3 Å². The molecule has 74 valence electrons. The Labute approximate surface area is 100 Å². The Morgan fingerprint density at radius 3 is 2.64 bits per heavy atom. The maximum atomic E-state index is 5.64. The van der Waals surface area contributed by atoms with Crippen molar-refractivity contribution in [2.45, 2.75) is 6.10 Å². The first-order valence-electron chi connectivity index (χ1n) is 4.43. The molecule has 1 aliphatic heterocycles. The predicted octanol–water partition coefficient (Wildman–Crippen LogP) is 3.84. The van der Waals surface area contributed by atoms with Gasteiger partial charge < -0.3 is 4.74 Å². The SMILES string of the molecule is BrCC1=CCO[C@H]1c1ccc(Br)cc1. The smallest absolute Gasteiger partial charge is 0.105 e. The van der Waals surface area contributed by atoms with Gasteiger partial charge in [-0.1, -0.05) is 50.1 Å². The largest absolute Gasteiger partial charge is 0.365 e. The zero-order chi connectivity index (χ0) is 9.97. The summed E-state index contributed by atoms with van der Waals surface area (Å²) in [5.41, 5.74) is 2.53. The number of rotatable bonds is 2. The van der Waals surface area contributed by atoms with Crippen LogP contribution in [0.5, 0.6) is 0 Å². The van der Waals surface area contributed by atoms with Crippen LogP contribution in [0.25, 0.3) is 0 Å². The summed E-state index contributed by atoms with van der Waals surface area (Å²) in [7, 11) is 0. The molecule has 0 unspecified atom stereocenters. The molecule has 1 aromatic rings. The van der Waals surface area contributed by atoms with Gasteiger partial charge in [-0.3, -0.25) is 0 Å². The zero-order valence-electron chi connectivity index (χ0n) is 7.54. The summed E-state index contributed by atoms with van der Waals surface area (Å²) < 4.78 is 6.75. The van der Waals surface area contributed by atoms with Crippen molar-refractivity contribution in [3.63, 3.8) is 0 Å². The molecule has 0 fully saturated rings. The number of halogens is 2. The van der Waals surface area contributed by atoms with Gasteiger partial charge in [0.15, 0.2) is 0 Å². The molecule has 1 nitrogen and oxygen atoms in total. The number of hydrogen-bond donors (Lipinski definition) is 0. The first-order valence-corrected chi connectivity index (χ1v) is 6.34. The number of benzene rings is 1. The van der Waals surface area contributed by atoms with E-state index >= 15 is 0 Å². The Bertz CT molecular complexity index is 343. The summed E-state index contributed by atoms with van der Waals surface area (Å²) in [6.07, 6.45) is 2.28. The molecule has 0 bridgehead atoms. The third-order valence-electron chi connectivity index (χ3n) is 2.27. The molecule has 0 aliphatic carbocycles. The molecule has 0 saturated carbocycles. The van der Waals surface area contributed by atoms with Gasteiger partial charge in [0.05, 0.1) is 6.61 Å². The number of ether oxygens (including phenoxy) is 1. The lowest BCUT2D eigenvalue weighted by Crippen LogP contribution is -2.01. The Hall–Kier alpha value is -0.120. The van der Waals surface area contributed by atoms with Crippen molar-refractivity contribution in [2.75, 3.05) is 11.9 Å². The quantitative estimate of drug-likeness (QED) is 0.595. The van der Waals surface area contributed by atoms with Gasteiger partial charge in [0, 0.05) is 9.80 Å². The van der Waals surface area contributed by atoms with Crippen LogP contribution in [0.4, 0.5) is 0 Å². The fourth-order valence-corrected chi connectivity index (χ4v) is 2.33. The summed E-state index contributed by atoms with van der Waals surface area (Å²) in [5, 5.41) is 0.883. The Morgan fingerprint density at radius 1 is 1.29 bits per heavy atom. The van der Waals surface area contributed by atoms with Gasteiger partial charge in [0.1, 0.15) is 6.10 Å². The predicted molar refractivity (Wildman–Crippen MR) is 64.7 cm³/mol. The summed E-state index contributed by atoms with van der Waals surface area (Å²) in [4.78, 5) is 0. The fraction of sp³-hybridized carbons (Fsp3) is 0.273. The molecular formula is C11H10Br2O. The molecule has 0 aromatic heterocycles. The van der Waals surface area contributed by atoms with E-state index in [1.165, 1.54) is 11.1 Å². The third-order valence-corrected chi connectivity index (χ3v) is 3.45. The van der Waals surface area contributed by atoms with Crippen molar-refractivity contribution >= 4 is 31.9 Å². The van der Waals surface area contributed by atoms with Crippen molar-refractivity contribution in [3.8, 4) is 0 Å². The van der Waals surface area contributed by atoms with Gasteiger partial charge in [-0.2, -0.15) is 0 Å². The van der Waals surface area contributed by atoms with Crippen LogP contribution in [0, 0.1) is 0 Å². The van der Waals surface area contributed by atoms with Crippen LogP contribution >= 0.6 is 31.9 Å². The highest BCUT2D eigenvalue weighted by Crippen LogP contribution is 2.31. The normalized spacial score (nSPS) is 21.0. The van der Waals surface area contributed by atoms with E-state index in [1.54, 1.807) is 0 Å². The minimum Gasteiger partial charge on any atom is -0.365 e. The van der Waals surface area contributed by atoms with E-state index in [1.807, 2.05) is 12.1 Å². The fourth-order valence-electron chi connectivity index (χ4n) is 1.54. The molecule has 3 heteroatoms. The van der Waals surface area contributed by atoms with Crippen LogP contribution in [0.1, 0.15) is 11.7 Å². The second kappa shape index (κ2) is 4.60. The first kappa shape index (κ1) is 10.4. The number of hydrogen-bond acceptors (Lipinski definition) is 1. The van der Waals surface area contributed by atoms with Crippen molar-refractivity contribution in [2.24, 2.45) is 0 Å². The average Bonchev–Trinajstić information content (AvgIpc) is 2.67. The third kappa shape index (κ3) is 2.10. The highest BCUT2D eigenvalue weighted by atomic mass is 79.9. The average molecular weight is 318 g/mol. The van der Waals surface area contributed by atoms with Gasteiger partial charge in [0.2, 0.25) is 0 Å². The minimum atomic E-state index is 0.141. The van der Waals surface area contributed by atoms with Crippen LogP contribution in [0.15, 0.2) is 40.4 Å². The first-order chi connectivity index (χ1) is 6.81. The van der Waals surface area contributed by atoms with E-state index in [0.717, 1.165) is 16.4 Å². The van der Waals surface area contributed by atoms with Gasteiger partial charge in [-0.15, -0.1) is 0 Å². The van der Waals surface area contributed by atoms with Crippen LogP contribution < -0.4 is 0 Å². The molecule has 0 amide bonds. The van der Waals surface area contributed by atoms with Crippen molar-refractivity contribution < 1.29 is 4.74 Å². The standard InChI is InChI=1S/C11H10Br2O/c12-7-9-5-6-14-11(9)8-1-3-10(13)4-2-8/h1-5,11H,6-7H2/t11-/m0/s1. The summed E-state index contributed by atoms with van der Waals surface area (Å²) in [6, 6.07) is 8.28. The molecule has 0 saturated heterocycles. The Morgan fingerprint density at radius 2 is 2.00 bits per heavy atom. The lowest BCUT2D eigenvalue weighted by atomic mass is 10.0.